The van der Waals surface area contributed by atoms with E-state index in [1.54, 1.807) is 4.90 Å². The molecule has 8 heteroatoms. The predicted octanol–water partition coefficient (Wildman–Crippen LogP) is 3.43. The Morgan fingerprint density at radius 3 is 2.38 bits per heavy atom. The molecule has 2 saturated heterocycles. The lowest BCUT2D eigenvalue weighted by Crippen LogP contribution is -2.46. The SMILES string of the molecule is CC(C)(C)OC(=O)N1CCC[C@H]1C1=NCC(c2ccc(B3OC(C)(C)C(C)(C)O3)cc2)N1. The second kappa shape index (κ2) is 8.06. The summed E-state index contributed by atoms with van der Waals surface area (Å²) in [4.78, 5) is 19.2. The van der Waals surface area contributed by atoms with E-state index in [0.717, 1.165) is 29.7 Å². The number of amidine groups is 1. The van der Waals surface area contributed by atoms with E-state index in [1.165, 1.54) is 0 Å². The third-order valence-electron chi connectivity index (χ3n) is 6.83. The van der Waals surface area contributed by atoms with Crippen molar-refractivity contribution in [1.82, 2.24) is 10.2 Å². The van der Waals surface area contributed by atoms with Crippen molar-refractivity contribution >= 4 is 24.5 Å². The van der Waals surface area contributed by atoms with Crippen LogP contribution in [0.3, 0.4) is 0 Å². The second-order valence-electron chi connectivity index (χ2n) is 11.0. The minimum Gasteiger partial charge on any atom is -0.444 e. The molecular weight excluding hydrogens is 405 g/mol. The van der Waals surface area contributed by atoms with Crippen LogP contribution in [0, 0.1) is 0 Å². The van der Waals surface area contributed by atoms with Gasteiger partial charge in [0.05, 0.1) is 29.8 Å². The summed E-state index contributed by atoms with van der Waals surface area (Å²) in [7, 11) is -0.363. The Kier molecular flexibility index (Phi) is 5.82. The molecule has 0 bridgehead atoms. The predicted molar refractivity (Wildman–Crippen MR) is 126 cm³/mol. The Hall–Kier alpha value is -2.06. The molecule has 174 valence electrons. The van der Waals surface area contributed by atoms with E-state index in [-0.39, 0.29) is 36.5 Å². The molecule has 1 N–H and O–H groups in total. The van der Waals surface area contributed by atoms with Gasteiger partial charge in [-0.25, -0.2) is 4.79 Å². The number of ether oxygens (including phenoxy) is 1. The first-order valence-corrected chi connectivity index (χ1v) is 11.6. The maximum Gasteiger partial charge on any atom is 0.494 e. The fourth-order valence-corrected chi connectivity index (χ4v) is 4.30. The lowest BCUT2D eigenvalue weighted by atomic mass is 9.78. The third-order valence-corrected chi connectivity index (χ3v) is 6.83. The van der Waals surface area contributed by atoms with Gasteiger partial charge in [-0.1, -0.05) is 24.3 Å². The highest BCUT2D eigenvalue weighted by molar-refractivity contribution is 6.62. The third kappa shape index (κ3) is 4.53. The number of likely N-dealkylation sites (tertiary alicyclic amines) is 1. The number of benzene rings is 1. The van der Waals surface area contributed by atoms with Gasteiger partial charge in [-0.2, -0.15) is 0 Å². The molecule has 1 aromatic carbocycles. The van der Waals surface area contributed by atoms with E-state index in [1.807, 2.05) is 20.8 Å². The summed E-state index contributed by atoms with van der Waals surface area (Å²) in [5.41, 5.74) is 0.960. The average molecular weight is 441 g/mol. The number of nitrogens with zero attached hydrogens (tertiary/aromatic N) is 2. The quantitative estimate of drug-likeness (QED) is 0.728. The van der Waals surface area contributed by atoms with Crippen molar-refractivity contribution in [2.75, 3.05) is 13.1 Å². The zero-order valence-corrected chi connectivity index (χ0v) is 20.4. The van der Waals surface area contributed by atoms with E-state index in [0.29, 0.717) is 13.1 Å². The molecule has 1 amide bonds. The standard InChI is InChI=1S/C24H36BN3O4/c1-22(2,3)30-21(29)28-14-8-9-19(28)20-26-15-18(27-20)16-10-12-17(13-11-16)25-31-23(4,5)24(6,7)32-25/h10-13,18-19H,8-9,14-15H2,1-7H3,(H,26,27)/t18?,19-/m0/s1. The van der Waals surface area contributed by atoms with Gasteiger partial charge in [-0.05, 0) is 72.3 Å². The van der Waals surface area contributed by atoms with Gasteiger partial charge in [-0.15, -0.1) is 0 Å². The summed E-state index contributed by atoms with van der Waals surface area (Å²) in [6.07, 6.45) is 1.59. The molecule has 0 radical (unpaired) electrons. The van der Waals surface area contributed by atoms with Crippen LogP contribution >= 0.6 is 0 Å². The lowest BCUT2D eigenvalue weighted by Gasteiger charge is -2.32. The number of amides is 1. The van der Waals surface area contributed by atoms with Gasteiger partial charge in [0.2, 0.25) is 0 Å². The summed E-state index contributed by atoms with van der Waals surface area (Å²) < 4.78 is 17.9. The Balaban J connectivity index is 1.39. The van der Waals surface area contributed by atoms with Crippen molar-refractivity contribution in [2.45, 2.75) is 90.2 Å². The van der Waals surface area contributed by atoms with Crippen LogP contribution in [-0.4, -0.2) is 59.9 Å². The number of carbonyl (C=O) groups excluding carboxylic acids is 1. The van der Waals surface area contributed by atoms with Crippen LogP contribution in [0.4, 0.5) is 4.79 Å². The molecule has 0 aromatic heterocycles. The Morgan fingerprint density at radius 2 is 1.78 bits per heavy atom. The zero-order chi connectivity index (χ0) is 23.3. The van der Waals surface area contributed by atoms with Crippen LogP contribution in [0.5, 0.6) is 0 Å². The number of rotatable bonds is 3. The van der Waals surface area contributed by atoms with Gasteiger partial charge in [-0.3, -0.25) is 9.89 Å². The van der Waals surface area contributed by atoms with Crippen molar-refractivity contribution in [3.63, 3.8) is 0 Å². The minimum atomic E-state index is -0.503. The van der Waals surface area contributed by atoms with Gasteiger partial charge in [0.25, 0.3) is 0 Å². The van der Waals surface area contributed by atoms with E-state index < -0.39 is 5.60 Å². The highest BCUT2D eigenvalue weighted by atomic mass is 16.7. The molecule has 2 fully saturated rings. The van der Waals surface area contributed by atoms with E-state index >= 15 is 0 Å². The Morgan fingerprint density at radius 1 is 1.16 bits per heavy atom. The van der Waals surface area contributed by atoms with Crippen LogP contribution in [0.25, 0.3) is 0 Å². The largest absolute Gasteiger partial charge is 0.494 e. The maximum atomic E-state index is 12.6. The summed E-state index contributed by atoms with van der Waals surface area (Å²) in [5.74, 6) is 0.883. The van der Waals surface area contributed by atoms with Crippen LogP contribution in [-0.2, 0) is 14.0 Å². The number of carbonyl (C=O) groups is 1. The summed E-state index contributed by atoms with van der Waals surface area (Å²) >= 11 is 0. The topological polar surface area (TPSA) is 72.4 Å². The highest BCUT2D eigenvalue weighted by Gasteiger charge is 2.51. The van der Waals surface area contributed by atoms with Gasteiger partial charge in [0.1, 0.15) is 11.4 Å². The number of nitrogens with one attached hydrogen (secondary N) is 1. The van der Waals surface area contributed by atoms with Crippen LogP contribution in [0.15, 0.2) is 29.3 Å². The first-order chi connectivity index (χ1) is 14.9. The molecule has 2 atom stereocenters. The second-order valence-corrected chi connectivity index (χ2v) is 11.0. The molecule has 3 aliphatic rings. The van der Waals surface area contributed by atoms with Gasteiger partial charge in [0, 0.05) is 6.54 Å². The zero-order valence-electron chi connectivity index (χ0n) is 20.4. The number of hydrogen-bond acceptors (Lipinski definition) is 6. The van der Waals surface area contributed by atoms with Crippen molar-refractivity contribution in [3.8, 4) is 0 Å². The molecule has 1 aromatic rings. The summed E-state index contributed by atoms with van der Waals surface area (Å²) in [6, 6.07) is 8.41. The first-order valence-electron chi connectivity index (χ1n) is 11.6. The molecule has 3 heterocycles. The average Bonchev–Trinajstić information content (AvgIpc) is 3.38. The van der Waals surface area contributed by atoms with E-state index in [4.69, 9.17) is 19.0 Å². The van der Waals surface area contributed by atoms with Gasteiger partial charge < -0.3 is 19.4 Å². The highest BCUT2D eigenvalue weighted by Crippen LogP contribution is 2.36. The van der Waals surface area contributed by atoms with Crippen molar-refractivity contribution in [3.05, 3.63) is 29.8 Å². The monoisotopic (exact) mass is 441 g/mol. The normalized spacial score (nSPS) is 26.8. The Bertz CT molecular complexity index is 876. The van der Waals surface area contributed by atoms with E-state index in [9.17, 15) is 4.79 Å². The summed E-state index contributed by atoms with van der Waals surface area (Å²) in [6.45, 7) is 15.3. The number of hydrogen-bond donors (Lipinski definition) is 1. The molecule has 7 nitrogen and oxygen atoms in total. The fraction of sp³-hybridized carbons (Fsp3) is 0.667. The minimum absolute atomic E-state index is 0.0427. The molecule has 1 unspecified atom stereocenters. The summed E-state index contributed by atoms with van der Waals surface area (Å²) in [5, 5.41) is 3.55. The van der Waals surface area contributed by atoms with E-state index in [2.05, 4.69) is 57.3 Å². The van der Waals surface area contributed by atoms with Crippen molar-refractivity contribution in [2.24, 2.45) is 4.99 Å². The molecule has 4 rings (SSSR count). The molecule has 0 aliphatic carbocycles. The fourth-order valence-electron chi connectivity index (χ4n) is 4.30. The molecular formula is C24H36BN3O4. The van der Waals surface area contributed by atoms with Crippen LogP contribution < -0.4 is 10.8 Å². The smallest absolute Gasteiger partial charge is 0.444 e. The van der Waals surface area contributed by atoms with Gasteiger partial charge >= 0.3 is 13.2 Å². The van der Waals surface area contributed by atoms with Crippen molar-refractivity contribution < 1.29 is 18.8 Å². The first kappa shape index (κ1) is 23.1. The van der Waals surface area contributed by atoms with Gasteiger partial charge in [0.15, 0.2) is 0 Å². The van der Waals surface area contributed by atoms with Crippen molar-refractivity contribution in [1.29, 1.82) is 0 Å². The molecule has 0 saturated carbocycles. The number of aliphatic imine (C=N–C) groups is 1. The van der Waals surface area contributed by atoms with Crippen LogP contribution in [0.2, 0.25) is 0 Å². The van der Waals surface area contributed by atoms with Crippen LogP contribution in [0.1, 0.15) is 72.9 Å². The Labute approximate surface area is 192 Å². The molecule has 3 aliphatic heterocycles. The molecule has 0 spiro atoms. The maximum absolute atomic E-state index is 12.6. The lowest BCUT2D eigenvalue weighted by molar-refractivity contribution is 0.00578. The molecule has 32 heavy (non-hydrogen) atoms.